The van der Waals surface area contributed by atoms with Crippen LogP contribution in [-0.4, -0.2) is 19.0 Å². The number of hydrogen-bond acceptors (Lipinski definition) is 1. The van der Waals surface area contributed by atoms with Crippen LogP contribution in [0.2, 0.25) is 0 Å². The molecule has 1 aromatic rings. The summed E-state index contributed by atoms with van der Waals surface area (Å²) < 4.78 is 0. The lowest BCUT2D eigenvalue weighted by molar-refractivity contribution is 0.360. The van der Waals surface area contributed by atoms with Crippen molar-refractivity contribution >= 4 is 29.9 Å². The summed E-state index contributed by atoms with van der Waals surface area (Å²) in [5.41, 5.74) is 9.10. The third-order valence-corrected chi connectivity index (χ3v) is 4.01. The molecule has 4 heteroatoms. The van der Waals surface area contributed by atoms with Crippen molar-refractivity contribution in [3.05, 3.63) is 35.4 Å². The molecule has 0 saturated heterocycles. The molecule has 118 valence electrons. The van der Waals surface area contributed by atoms with Gasteiger partial charge in [-0.2, -0.15) is 0 Å². The van der Waals surface area contributed by atoms with E-state index in [1.165, 1.54) is 11.1 Å². The van der Waals surface area contributed by atoms with Crippen molar-refractivity contribution in [3.63, 3.8) is 0 Å². The van der Waals surface area contributed by atoms with Crippen molar-refractivity contribution < 1.29 is 0 Å². The maximum Gasteiger partial charge on any atom is 0.188 e. The summed E-state index contributed by atoms with van der Waals surface area (Å²) in [6, 6.07) is 8.70. The molecular weight excluding hydrogens is 373 g/mol. The second-order valence-electron chi connectivity index (χ2n) is 6.74. The van der Waals surface area contributed by atoms with Gasteiger partial charge in [0.2, 0.25) is 0 Å². The molecule has 3 nitrogen and oxygen atoms in total. The van der Waals surface area contributed by atoms with Crippen molar-refractivity contribution in [3.8, 4) is 0 Å². The van der Waals surface area contributed by atoms with Crippen LogP contribution in [0, 0.1) is 11.3 Å². The molecule has 21 heavy (non-hydrogen) atoms. The van der Waals surface area contributed by atoms with Gasteiger partial charge in [-0.25, -0.2) is 0 Å². The maximum absolute atomic E-state index is 5.94. The Morgan fingerprint density at radius 3 is 2.38 bits per heavy atom. The Hall–Kier alpha value is -0.780. The number of halogens is 1. The van der Waals surface area contributed by atoms with Crippen LogP contribution in [0.15, 0.2) is 29.3 Å². The number of aliphatic imine (C=N–C) groups is 1. The van der Waals surface area contributed by atoms with E-state index in [-0.39, 0.29) is 29.4 Å². The summed E-state index contributed by atoms with van der Waals surface area (Å²) in [5.74, 6) is 1.28. The van der Waals surface area contributed by atoms with Gasteiger partial charge < -0.3 is 11.1 Å². The molecule has 0 aliphatic heterocycles. The van der Waals surface area contributed by atoms with Gasteiger partial charge in [0.25, 0.3) is 0 Å². The van der Waals surface area contributed by atoms with E-state index in [0.717, 1.165) is 32.4 Å². The van der Waals surface area contributed by atoms with Crippen LogP contribution in [0.25, 0.3) is 0 Å². The molecule has 0 unspecified atom stereocenters. The van der Waals surface area contributed by atoms with E-state index in [4.69, 9.17) is 5.73 Å². The highest BCUT2D eigenvalue weighted by molar-refractivity contribution is 14.0. The van der Waals surface area contributed by atoms with Crippen molar-refractivity contribution in [2.24, 2.45) is 22.1 Å². The zero-order valence-electron chi connectivity index (χ0n) is 13.4. The van der Waals surface area contributed by atoms with E-state index in [9.17, 15) is 0 Å². The molecule has 1 aromatic carbocycles. The second-order valence-corrected chi connectivity index (χ2v) is 6.74. The zero-order chi connectivity index (χ0) is 14.6. The highest BCUT2D eigenvalue weighted by Crippen LogP contribution is 2.36. The molecule has 0 aromatic heterocycles. The first kappa shape index (κ1) is 18.3. The molecule has 3 N–H and O–H groups in total. The number of nitrogens with one attached hydrogen (secondary N) is 1. The fraction of sp³-hybridized carbons (Fsp3) is 0.588. The number of guanidine groups is 1. The SMILES string of the molecule is CC(C)CCNC(N)=NCC1(C)Cc2ccccc2C1.I. The minimum atomic E-state index is 0. The lowest BCUT2D eigenvalue weighted by Crippen LogP contribution is -2.34. The molecule has 0 amide bonds. The number of rotatable bonds is 5. The number of nitrogens with two attached hydrogens (primary N) is 1. The van der Waals surface area contributed by atoms with E-state index < -0.39 is 0 Å². The number of benzene rings is 1. The van der Waals surface area contributed by atoms with E-state index >= 15 is 0 Å². The van der Waals surface area contributed by atoms with Crippen LogP contribution in [0.4, 0.5) is 0 Å². The predicted molar refractivity (Wildman–Crippen MR) is 101 cm³/mol. The second kappa shape index (κ2) is 8.01. The van der Waals surface area contributed by atoms with Crippen molar-refractivity contribution in [2.75, 3.05) is 13.1 Å². The standard InChI is InChI=1S/C17H27N3.HI/c1-13(2)8-9-19-16(18)20-12-17(3)10-14-6-4-5-7-15(14)11-17;/h4-7,13H,8-12H2,1-3H3,(H3,18,19,20);1H. The summed E-state index contributed by atoms with van der Waals surface area (Å²) in [5, 5.41) is 3.20. The molecule has 0 saturated carbocycles. The number of fused-ring (bicyclic) bond motifs is 1. The van der Waals surface area contributed by atoms with Crippen LogP contribution in [0.5, 0.6) is 0 Å². The fourth-order valence-electron chi connectivity index (χ4n) is 2.82. The predicted octanol–water partition coefficient (Wildman–Crippen LogP) is 3.36. The number of nitrogens with zero attached hydrogens (tertiary/aromatic N) is 1. The first-order chi connectivity index (χ1) is 9.48. The van der Waals surface area contributed by atoms with E-state index in [0.29, 0.717) is 11.9 Å². The summed E-state index contributed by atoms with van der Waals surface area (Å²) in [6.45, 7) is 8.43. The Morgan fingerprint density at radius 1 is 1.29 bits per heavy atom. The van der Waals surface area contributed by atoms with Gasteiger partial charge in [-0.15, -0.1) is 24.0 Å². The van der Waals surface area contributed by atoms with Crippen LogP contribution in [0.1, 0.15) is 38.3 Å². The van der Waals surface area contributed by atoms with Crippen LogP contribution >= 0.6 is 24.0 Å². The molecule has 1 aliphatic carbocycles. The largest absolute Gasteiger partial charge is 0.370 e. The number of hydrogen-bond donors (Lipinski definition) is 2. The molecule has 0 spiro atoms. The van der Waals surface area contributed by atoms with Gasteiger partial charge >= 0.3 is 0 Å². The monoisotopic (exact) mass is 401 g/mol. The van der Waals surface area contributed by atoms with Gasteiger partial charge in [0, 0.05) is 13.1 Å². The molecule has 0 heterocycles. The zero-order valence-corrected chi connectivity index (χ0v) is 15.7. The first-order valence-electron chi connectivity index (χ1n) is 7.59. The maximum atomic E-state index is 5.94. The van der Waals surface area contributed by atoms with E-state index in [1.54, 1.807) is 0 Å². The van der Waals surface area contributed by atoms with Crippen LogP contribution < -0.4 is 11.1 Å². The third kappa shape index (κ3) is 5.49. The summed E-state index contributed by atoms with van der Waals surface area (Å²) in [4.78, 5) is 4.54. The van der Waals surface area contributed by atoms with Gasteiger partial charge in [-0.3, -0.25) is 4.99 Å². The Bertz CT molecular complexity index is 458. The minimum Gasteiger partial charge on any atom is -0.370 e. The Kier molecular flexibility index (Phi) is 6.97. The van der Waals surface area contributed by atoms with Gasteiger partial charge in [0.1, 0.15) is 0 Å². The Labute approximate surface area is 145 Å². The summed E-state index contributed by atoms with van der Waals surface area (Å²) in [7, 11) is 0. The average Bonchev–Trinajstić information content (AvgIpc) is 2.73. The van der Waals surface area contributed by atoms with Crippen molar-refractivity contribution in [2.45, 2.75) is 40.0 Å². The summed E-state index contributed by atoms with van der Waals surface area (Å²) >= 11 is 0. The Balaban J connectivity index is 0.00000220. The molecule has 0 fully saturated rings. The molecule has 0 radical (unpaired) electrons. The highest BCUT2D eigenvalue weighted by atomic mass is 127. The average molecular weight is 401 g/mol. The van der Waals surface area contributed by atoms with Crippen molar-refractivity contribution in [1.29, 1.82) is 0 Å². The first-order valence-corrected chi connectivity index (χ1v) is 7.59. The molecule has 1 aliphatic rings. The van der Waals surface area contributed by atoms with Gasteiger partial charge in [-0.05, 0) is 41.7 Å². The van der Waals surface area contributed by atoms with E-state index in [1.807, 2.05) is 0 Å². The molecule has 0 bridgehead atoms. The van der Waals surface area contributed by atoms with Gasteiger partial charge in [0.15, 0.2) is 5.96 Å². The third-order valence-electron chi connectivity index (χ3n) is 4.01. The molecule has 2 rings (SSSR count). The molecule has 0 atom stereocenters. The van der Waals surface area contributed by atoms with E-state index in [2.05, 4.69) is 55.3 Å². The van der Waals surface area contributed by atoms with Gasteiger partial charge in [-0.1, -0.05) is 45.0 Å². The normalized spacial score (nSPS) is 16.5. The minimum absolute atomic E-state index is 0. The van der Waals surface area contributed by atoms with Crippen LogP contribution in [0.3, 0.4) is 0 Å². The van der Waals surface area contributed by atoms with Crippen LogP contribution in [-0.2, 0) is 12.8 Å². The summed E-state index contributed by atoms with van der Waals surface area (Å²) in [6.07, 6.45) is 3.33. The lowest BCUT2D eigenvalue weighted by Gasteiger charge is -2.21. The Morgan fingerprint density at radius 2 is 1.86 bits per heavy atom. The fourth-order valence-corrected chi connectivity index (χ4v) is 2.82. The lowest BCUT2D eigenvalue weighted by atomic mass is 9.87. The van der Waals surface area contributed by atoms with Crippen molar-refractivity contribution in [1.82, 2.24) is 5.32 Å². The topological polar surface area (TPSA) is 50.4 Å². The van der Waals surface area contributed by atoms with Gasteiger partial charge in [0.05, 0.1) is 0 Å². The smallest absolute Gasteiger partial charge is 0.188 e. The quantitative estimate of drug-likeness (QED) is 0.452. The highest BCUT2D eigenvalue weighted by Gasteiger charge is 2.32. The molecular formula is C17H28IN3.